The van der Waals surface area contributed by atoms with Crippen LogP contribution in [0, 0.1) is 0 Å². The second-order valence-electron chi connectivity index (χ2n) is 5.46. The minimum Gasteiger partial charge on any atom is -0.305 e. The molecule has 0 aromatic carbocycles. The highest BCUT2D eigenvalue weighted by atomic mass is 35.5. The van der Waals surface area contributed by atoms with Crippen LogP contribution in [0.1, 0.15) is 38.5 Å². The van der Waals surface area contributed by atoms with E-state index in [2.05, 4.69) is 30.9 Å². The lowest BCUT2D eigenvalue weighted by Crippen LogP contribution is -2.56. The molecule has 0 aromatic heterocycles. The number of nitrogens with zero attached hydrogens (tertiary/aromatic N) is 2. The van der Waals surface area contributed by atoms with Crippen molar-refractivity contribution in [2.75, 3.05) is 40.1 Å². The van der Waals surface area contributed by atoms with Crippen molar-refractivity contribution in [3.05, 3.63) is 0 Å². The molecule has 0 N–H and O–H groups in total. The van der Waals surface area contributed by atoms with E-state index in [9.17, 15) is 0 Å². The first-order valence-corrected chi connectivity index (χ1v) is 7.06. The number of halogens is 1. The SMILES string of the molecule is CN(CCCCCCl)CC1(N(C)C)CCC1. The van der Waals surface area contributed by atoms with Gasteiger partial charge in [0.15, 0.2) is 0 Å². The van der Waals surface area contributed by atoms with Crippen LogP contribution in [0.15, 0.2) is 0 Å². The highest BCUT2D eigenvalue weighted by Crippen LogP contribution is 2.36. The van der Waals surface area contributed by atoms with Crippen LogP contribution in [0.25, 0.3) is 0 Å². The summed E-state index contributed by atoms with van der Waals surface area (Å²) in [4.78, 5) is 4.92. The first-order chi connectivity index (χ1) is 7.60. The monoisotopic (exact) mass is 246 g/mol. The Kier molecular flexibility index (Phi) is 6.09. The zero-order valence-corrected chi connectivity index (χ0v) is 11.9. The van der Waals surface area contributed by atoms with E-state index in [4.69, 9.17) is 11.6 Å². The second kappa shape index (κ2) is 6.83. The lowest BCUT2D eigenvalue weighted by molar-refractivity contribution is 0.0275. The van der Waals surface area contributed by atoms with Crippen LogP contribution < -0.4 is 0 Å². The lowest BCUT2D eigenvalue weighted by Gasteiger charge is -2.49. The van der Waals surface area contributed by atoms with Crippen molar-refractivity contribution in [1.82, 2.24) is 9.80 Å². The van der Waals surface area contributed by atoms with E-state index in [0.717, 1.165) is 12.3 Å². The fourth-order valence-electron chi connectivity index (χ4n) is 2.57. The molecular formula is C13H27ClN2. The summed E-state index contributed by atoms with van der Waals surface area (Å²) in [5, 5.41) is 0. The minimum absolute atomic E-state index is 0.473. The molecule has 1 fully saturated rings. The van der Waals surface area contributed by atoms with Crippen LogP contribution in [0.5, 0.6) is 0 Å². The fourth-order valence-corrected chi connectivity index (χ4v) is 2.76. The van der Waals surface area contributed by atoms with E-state index in [-0.39, 0.29) is 0 Å². The molecule has 16 heavy (non-hydrogen) atoms. The van der Waals surface area contributed by atoms with Crippen molar-refractivity contribution in [1.29, 1.82) is 0 Å². The molecule has 0 spiro atoms. The Hall–Kier alpha value is 0.210. The molecule has 0 aliphatic heterocycles. The number of rotatable bonds is 8. The van der Waals surface area contributed by atoms with Gasteiger partial charge in [-0.15, -0.1) is 11.6 Å². The van der Waals surface area contributed by atoms with Gasteiger partial charge in [-0.25, -0.2) is 0 Å². The van der Waals surface area contributed by atoms with E-state index in [1.807, 2.05) is 0 Å². The maximum Gasteiger partial charge on any atom is 0.0330 e. The van der Waals surface area contributed by atoms with Gasteiger partial charge in [0.1, 0.15) is 0 Å². The lowest BCUT2D eigenvalue weighted by atomic mass is 9.75. The normalized spacial score (nSPS) is 19.1. The van der Waals surface area contributed by atoms with Crippen LogP contribution in [0.2, 0.25) is 0 Å². The Bertz CT molecular complexity index is 190. The molecule has 0 saturated heterocycles. The third-order valence-corrected chi connectivity index (χ3v) is 4.24. The predicted molar refractivity (Wildman–Crippen MR) is 72.3 cm³/mol. The Labute approximate surface area is 106 Å². The molecule has 0 bridgehead atoms. The van der Waals surface area contributed by atoms with Gasteiger partial charge in [0.25, 0.3) is 0 Å². The zero-order valence-electron chi connectivity index (χ0n) is 11.1. The number of likely N-dealkylation sites (N-methyl/N-ethyl adjacent to an activating group) is 2. The van der Waals surface area contributed by atoms with Crippen molar-refractivity contribution in [3.63, 3.8) is 0 Å². The number of unbranched alkanes of at least 4 members (excludes halogenated alkanes) is 2. The summed E-state index contributed by atoms with van der Waals surface area (Å²) >= 11 is 5.68. The molecule has 1 rings (SSSR count). The average Bonchev–Trinajstić information content (AvgIpc) is 2.18. The fraction of sp³-hybridized carbons (Fsp3) is 1.00. The van der Waals surface area contributed by atoms with Crippen LogP contribution in [-0.2, 0) is 0 Å². The molecule has 0 heterocycles. The maximum absolute atomic E-state index is 5.68. The summed E-state index contributed by atoms with van der Waals surface area (Å²) in [6.07, 6.45) is 7.85. The Morgan fingerprint density at radius 1 is 1.06 bits per heavy atom. The van der Waals surface area contributed by atoms with E-state index >= 15 is 0 Å². The number of alkyl halides is 1. The van der Waals surface area contributed by atoms with Gasteiger partial charge >= 0.3 is 0 Å². The molecule has 1 aliphatic rings. The van der Waals surface area contributed by atoms with E-state index in [1.54, 1.807) is 0 Å². The van der Waals surface area contributed by atoms with Crippen molar-refractivity contribution >= 4 is 11.6 Å². The van der Waals surface area contributed by atoms with Crippen molar-refractivity contribution in [2.45, 2.75) is 44.1 Å². The molecular weight excluding hydrogens is 220 g/mol. The first-order valence-electron chi connectivity index (χ1n) is 6.53. The van der Waals surface area contributed by atoms with Crippen LogP contribution in [0.4, 0.5) is 0 Å². The summed E-state index contributed by atoms with van der Waals surface area (Å²) in [5.74, 6) is 0.811. The van der Waals surface area contributed by atoms with Gasteiger partial charge < -0.3 is 9.80 Å². The van der Waals surface area contributed by atoms with E-state index in [0.29, 0.717) is 5.54 Å². The summed E-state index contributed by atoms with van der Waals surface area (Å²) in [7, 11) is 6.70. The topological polar surface area (TPSA) is 6.48 Å². The third kappa shape index (κ3) is 3.90. The molecule has 0 atom stereocenters. The van der Waals surface area contributed by atoms with Gasteiger partial charge in [-0.2, -0.15) is 0 Å². The average molecular weight is 247 g/mol. The van der Waals surface area contributed by atoms with Gasteiger partial charge in [0.2, 0.25) is 0 Å². The second-order valence-corrected chi connectivity index (χ2v) is 5.84. The number of hydrogen-bond acceptors (Lipinski definition) is 2. The van der Waals surface area contributed by atoms with Crippen molar-refractivity contribution < 1.29 is 0 Å². The smallest absolute Gasteiger partial charge is 0.0330 e. The highest BCUT2D eigenvalue weighted by molar-refractivity contribution is 6.17. The minimum atomic E-state index is 0.473. The Morgan fingerprint density at radius 2 is 1.75 bits per heavy atom. The highest BCUT2D eigenvalue weighted by Gasteiger charge is 2.39. The van der Waals surface area contributed by atoms with Gasteiger partial charge in [-0.05, 0) is 59.8 Å². The molecule has 1 saturated carbocycles. The predicted octanol–water partition coefficient (Wildman–Crippen LogP) is 2.81. The molecule has 3 heteroatoms. The molecule has 0 aromatic rings. The van der Waals surface area contributed by atoms with Crippen molar-refractivity contribution in [2.24, 2.45) is 0 Å². The zero-order chi connectivity index (χ0) is 12.0. The molecule has 96 valence electrons. The Morgan fingerprint density at radius 3 is 2.19 bits per heavy atom. The van der Waals surface area contributed by atoms with Gasteiger partial charge in [-0.3, -0.25) is 0 Å². The molecule has 0 amide bonds. The van der Waals surface area contributed by atoms with Crippen LogP contribution in [-0.4, -0.2) is 55.5 Å². The quantitative estimate of drug-likeness (QED) is 0.480. The summed E-state index contributed by atoms with van der Waals surface area (Å²) in [5.41, 5.74) is 0.473. The van der Waals surface area contributed by atoms with Crippen LogP contribution in [0.3, 0.4) is 0 Å². The standard InChI is InChI=1S/C13H27ClN2/c1-15(2)13(8-7-9-13)12-16(3)11-6-4-5-10-14/h4-12H2,1-3H3. The maximum atomic E-state index is 5.68. The third-order valence-electron chi connectivity index (χ3n) is 3.97. The molecule has 0 radical (unpaired) electrons. The largest absolute Gasteiger partial charge is 0.305 e. The van der Waals surface area contributed by atoms with E-state index in [1.165, 1.54) is 45.2 Å². The van der Waals surface area contributed by atoms with Gasteiger partial charge in [-0.1, -0.05) is 6.42 Å². The molecule has 2 nitrogen and oxygen atoms in total. The van der Waals surface area contributed by atoms with Crippen molar-refractivity contribution in [3.8, 4) is 0 Å². The Balaban J connectivity index is 2.19. The summed E-state index contributed by atoms with van der Waals surface area (Å²) in [6.45, 7) is 2.44. The molecule has 0 unspecified atom stereocenters. The first kappa shape index (κ1) is 14.3. The summed E-state index contributed by atoms with van der Waals surface area (Å²) < 4.78 is 0. The number of hydrogen-bond donors (Lipinski definition) is 0. The molecule has 1 aliphatic carbocycles. The van der Waals surface area contributed by atoms with Gasteiger partial charge in [0.05, 0.1) is 0 Å². The summed E-state index contributed by atoms with van der Waals surface area (Å²) in [6, 6.07) is 0. The van der Waals surface area contributed by atoms with Crippen LogP contribution >= 0.6 is 11.6 Å². The van der Waals surface area contributed by atoms with Gasteiger partial charge in [0, 0.05) is 18.0 Å². The van der Waals surface area contributed by atoms with E-state index < -0.39 is 0 Å².